The van der Waals surface area contributed by atoms with Crippen LogP contribution in [0.15, 0.2) is 0 Å². The third-order valence-corrected chi connectivity index (χ3v) is 5.36. The number of nitrogens with one attached hydrogen (secondary N) is 3. The highest BCUT2D eigenvalue weighted by Gasteiger charge is 2.52. The van der Waals surface area contributed by atoms with E-state index in [0.29, 0.717) is 12.1 Å². The van der Waals surface area contributed by atoms with Crippen LogP contribution in [0.1, 0.15) is 40.5 Å². The number of nitrogens with zero attached hydrogens (tertiary/aromatic N) is 1. The van der Waals surface area contributed by atoms with Crippen LogP contribution >= 0.6 is 0 Å². The molecular weight excluding hydrogens is 260 g/mol. The minimum atomic E-state index is 0.243. The molecule has 0 aromatic carbocycles. The summed E-state index contributed by atoms with van der Waals surface area (Å²) in [5.74, 6) is 1.86. The van der Waals surface area contributed by atoms with E-state index in [1.807, 2.05) is 0 Å². The molecule has 3 N–H and O–H groups in total. The van der Waals surface area contributed by atoms with Gasteiger partial charge < -0.3 is 20.9 Å². The molecule has 0 spiro atoms. The van der Waals surface area contributed by atoms with E-state index in [2.05, 4.69) is 48.5 Å². The molecule has 21 heavy (non-hydrogen) atoms. The molecule has 2 saturated heterocycles. The van der Waals surface area contributed by atoms with Crippen LogP contribution in [0.4, 0.5) is 0 Å². The van der Waals surface area contributed by atoms with E-state index >= 15 is 0 Å². The Morgan fingerprint density at radius 3 is 2.62 bits per heavy atom. The van der Waals surface area contributed by atoms with Crippen LogP contribution in [0.5, 0.6) is 0 Å². The molecule has 2 heterocycles. The van der Waals surface area contributed by atoms with Crippen molar-refractivity contribution in [2.24, 2.45) is 11.8 Å². The largest absolute Gasteiger partial charge is 0.316 e. The van der Waals surface area contributed by atoms with Crippen molar-refractivity contribution in [1.82, 2.24) is 20.9 Å². The van der Waals surface area contributed by atoms with Crippen LogP contribution in [-0.4, -0.2) is 61.3 Å². The van der Waals surface area contributed by atoms with Gasteiger partial charge in [0.05, 0.1) is 0 Å². The molecule has 5 atom stereocenters. The van der Waals surface area contributed by atoms with Crippen LogP contribution < -0.4 is 16.0 Å². The summed E-state index contributed by atoms with van der Waals surface area (Å²) in [7, 11) is 0. The zero-order valence-electron chi connectivity index (χ0n) is 14.3. The van der Waals surface area contributed by atoms with E-state index in [4.69, 9.17) is 0 Å². The van der Waals surface area contributed by atoms with Gasteiger partial charge in [-0.15, -0.1) is 0 Å². The molecule has 0 aromatic heterocycles. The maximum atomic E-state index is 3.85. The van der Waals surface area contributed by atoms with E-state index in [-0.39, 0.29) is 5.54 Å². The molecule has 3 aliphatic rings. The van der Waals surface area contributed by atoms with Gasteiger partial charge in [0.1, 0.15) is 0 Å². The van der Waals surface area contributed by atoms with E-state index in [1.54, 1.807) is 0 Å². The summed E-state index contributed by atoms with van der Waals surface area (Å²) in [4.78, 5) is 2.64. The topological polar surface area (TPSA) is 39.3 Å². The molecule has 0 bridgehead atoms. The van der Waals surface area contributed by atoms with Gasteiger partial charge in [-0.05, 0) is 78.6 Å². The van der Waals surface area contributed by atoms with Crippen molar-refractivity contribution >= 4 is 0 Å². The summed E-state index contributed by atoms with van der Waals surface area (Å²) in [6.07, 6.45) is 2.59. The Morgan fingerprint density at radius 1 is 1.24 bits per heavy atom. The van der Waals surface area contributed by atoms with Crippen LogP contribution in [-0.2, 0) is 0 Å². The number of fused-ring (bicyclic) bond motifs is 1. The van der Waals surface area contributed by atoms with Crippen molar-refractivity contribution < 1.29 is 0 Å². The Balaban J connectivity index is 1.31. The lowest BCUT2D eigenvalue weighted by Crippen LogP contribution is -2.45. The normalized spacial score (nSPS) is 37.7. The fraction of sp³-hybridized carbons (Fsp3) is 1.00. The van der Waals surface area contributed by atoms with Gasteiger partial charge in [0.2, 0.25) is 0 Å². The van der Waals surface area contributed by atoms with Gasteiger partial charge in [-0.2, -0.15) is 0 Å². The van der Waals surface area contributed by atoms with Crippen molar-refractivity contribution in [3.8, 4) is 0 Å². The summed E-state index contributed by atoms with van der Waals surface area (Å²) >= 11 is 0. The zero-order valence-corrected chi connectivity index (χ0v) is 14.3. The van der Waals surface area contributed by atoms with Crippen molar-refractivity contribution in [1.29, 1.82) is 0 Å². The first-order valence-electron chi connectivity index (χ1n) is 8.89. The monoisotopic (exact) mass is 294 g/mol. The molecule has 1 aliphatic carbocycles. The lowest BCUT2D eigenvalue weighted by atomic mass is 10.1. The SMILES string of the molecule is CC(CCN1CC[C@H](NC(C)(C)C)C1)NC1[C@H]2CNC[C@@H]12. The minimum absolute atomic E-state index is 0.243. The van der Waals surface area contributed by atoms with E-state index in [9.17, 15) is 0 Å². The van der Waals surface area contributed by atoms with Gasteiger partial charge in [0, 0.05) is 30.2 Å². The zero-order chi connectivity index (χ0) is 15.0. The molecule has 3 fully saturated rings. The molecule has 2 unspecified atom stereocenters. The number of piperidine rings is 1. The Hall–Kier alpha value is -0.160. The van der Waals surface area contributed by atoms with Crippen molar-refractivity contribution in [2.75, 3.05) is 32.7 Å². The first kappa shape index (κ1) is 15.7. The molecular formula is C17H34N4. The second kappa shape index (κ2) is 6.15. The molecule has 122 valence electrons. The Kier molecular flexibility index (Phi) is 4.60. The molecule has 4 nitrogen and oxygen atoms in total. The lowest BCUT2D eigenvalue weighted by Gasteiger charge is -2.26. The predicted molar refractivity (Wildman–Crippen MR) is 88.6 cm³/mol. The standard InChI is InChI=1S/C17H34N4/c1-12(19-16-14-9-18-10-15(14)16)5-7-21-8-6-13(11-21)20-17(2,3)4/h12-16,18-20H,5-11H2,1-4H3/t12?,13-,14-,15+,16?/m0/s1. The van der Waals surface area contributed by atoms with Crippen molar-refractivity contribution in [2.45, 2.75) is 64.2 Å². The van der Waals surface area contributed by atoms with Crippen LogP contribution in [0.25, 0.3) is 0 Å². The van der Waals surface area contributed by atoms with E-state index in [0.717, 1.165) is 17.9 Å². The molecule has 4 heteroatoms. The predicted octanol–water partition coefficient (Wildman–Crippen LogP) is 1.03. The third-order valence-electron chi connectivity index (χ3n) is 5.36. The number of likely N-dealkylation sites (tertiary alicyclic amines) is 1. The number of rotatable bonds is 6. The lowest BCUT2D eigenvalue weighted by molar-refractivity contribution is 0.290. The van der Waals surface area contributed by atoms with Crippen LogP contribution in [0.3, 0.4) is 0 Å². The average Bonchev–Trinajstić information content (AvgIpc) is 2.82. The van der Waals surface area contributed by atoms with Gasteiger partial charge in [0.15, 0.2) is 0 Å². The highest BCUT2D eigenvalue weighted by Crippen LogP contribution is 2.41. The maximum Gasteiger partial charge on any atom is 0.0212 e. The van der Waals surface area contributed by atoms with Crippen LogP contribution in [0.2, 0.25) is 0 Å². The third kappa shape index (κ3) is 4.19. The number of hydrogen-bond donors (Lipinski definition) is 3. The first-order chi connectivity index (χ1) is 9.92. The smallest absolute Gasteiger partial charge is 0.0212 e. The maximum absolute atomic E-state index is 3.85. The summed E-state index contributed by atoms with van der Waals surface area (Å²) < 4.78 is 0. The van der Waals surface area contributed by atoms with Crippen LogP contribution in [0, 0.1) is 11.8 Å². The van der Waals surface area contributed by atoms with Gasteiger partial charge in [-0.3, -0.25) is 0 Å². The van der Waals surface area contributed by atoms with Gasteiger partial charge in [-0.1, -0.05) is 0 Å². The second-order valence-corrected chi connectivity index (χ2v) is 8.55. The highest BCUT2D eigenvalue weighted by molar-refractivity contribution is 5.09. The quantitative estimate of drug-likeness (QED) is 0.684. The first-order valence-corrected chi connectivity index (χ1v) is 8.89. The van der Waals surface area contributed by atoms with Gasteiger partial charge in [-0.25, -0.2) is 0 Å². The summed E-state index contributed by atoms with van der Waals surface area (Å²) in [5, 5.41) is 11.1. The molecule has 3 rings (SSSR count). The fourth-order valence-electron chi connectivity index (χ4n) is 4.22. The Labute approximate surface area is 130 Å². The molecule has 0 amide bonds. The second-order valence-electron chi connectivity index (χ2n) is 8.55. The molecule has 0 aromatic rings. The molecule has 0 radical (unpaired) electrons. The summed E-state index contributed by atoms with van der Waals surface area (Å²) in [6.45, 7) is 15.4. The van der Waals surface area contributed by atoms with E-state index in [1.165, 1.54) is 45.6 Å². The van der Waals surface area contributed by atoms with Gasteiger partial charge in [0.25, 0.3) is 0 Å². The average molecular weight is 294 g/mol. The summed E-state index contributed by atoms with van der Waals surface area (Å²) in [5.41, 5.74) is 0.243. The molecule has 2 aliphatic heterocycles. The van der Waals surface area contributed by atoms with Gasteiger partial charge >= 0.3 is 0 Å². The van der Waals surface area contributed by atoms with E-state index < -0.39 is 0 Å². The Bertz CT molecular complexity index is 341. The molecule has 1 saturated carbocycles. The summed E-state index contributed by atoms with van der Waals surface area (Å²) in [6, 6.07) is 2.16. The van der Waals surface area contributed by atoms with Crippen molar-refractivity contribution in [3.63, 3.8) is 0 Å². The highest BCUT2D eigenvalue weighted by atomic mass is 15.2. The number of hydrogen-bond acceptors (Lipinski definition) is 4. The fourth-order valence-corrected chi connectivity index (χ4v) is 4.22. The Morgan fingerprint density at radius 2 is 1.95 bits per heavy atom. The van der Waals surface area contributed by atoms with Crippen molar-refractivity contribution in [3.05, 3.63) is 0 Å². The minimum Gasteiger partial charge on any atom is -0.316 e.